The van der Waals surface area contributed by atoms with Gasteiger partial charge < -0.3 is 11.1 Å². The summed E-state index contributed by atoms with van der Waals surface area (Å²) in [6, 6.07) is 3.05. The Kier molecular flexibility index (Phi) is 3.17. The minimum Gasteiger partial charge on any atom is -0.366 e. The number of aromatic nitrogens is 1. The van der Waals surface area contributed by atoms with Gasteiger partial charge in [-0.2, -0.15) is 0 Å². The van der Waals surface area contributed by atoms with E-state index in [0.717, 1.165) is 0 Å². The van der Waals surface area contributed by atoms with E-state index in [0.29, 0.717) is 17.8 Å². The molecule has 14 heavy (non-hydrogen) atoms. The van der Waals surface area contributed by atoms with Crippen LogP contribution in [0.5, 0.6) is 0 Å². The van der Waals surface area contributed by atoms with Crippen molar-refractivity contribution < 1.29 is 9.59 Å². The molecule has 0 saturated heterocycles. The molecule has 1 rings (SSSR count). The predicted molar refractivity (Wildman–Crippen MR) is 51.7 cm³/mol. The molecule has 0 atom stereocenters. The summed E-state index contributed by atoms with van der Waals surface area (Å²) in [5, 5.41) is 2.56. The van der Waals surface area contributed by atoms with Crippen molar-refractivity contribution in [3.05, 3.63) is 23.9 Å². The summed E-state index contributed by atoms with van der Waals surface area (Å²) in [6.07, 6.45) is 1.72. The highest BCUT2D eigenvalue weighted by Gasteiger charge is 2.02. The van der Waals surface area contributed by atoms with Crippen LogP contribution in [0.2, 0.25) is 0 Å². The van der Waals surface area contributed by atoms with Gasteiger partial charge >= 0.3 is 0 Å². The lowest BCUT2D eigenvalue weighted by Gasteiger charge is -2.02. The van der Waals surface area contributed by atoms with Crippen molar-refractivity contribution in [1.82, 2.24) is 4.98 Å². The Balaban J connectivity index is 2.73. The van der Waals surface area contributed by atoms with Crippen LogP contribution in [0.1, 0.15) is 23.7 Å². The summed E-state index contributed by atoms with van der Waals surface area (Å²) in [5.74, 6) is -0.239. The van der Waals surface area contributed by atoms with Crippen LogP contribution >= 0.6 is 0 Å². The van der Waals surface area contributed by atoms with E-state index in [-0.39, 0.29) is 5.91 Å². The number of primary amides is 1. The third-order valence-electron chi connectivity index (χ3n) is 1.64. The standard InChI is InChI=1S/C9H11N3O2/c1-2-8(13)12-7-4-3-6(5-11-7)9(10)14/h3-5H,2H2,1H3,(H2,10,14)(H,11,12,13). The number of carbonyl (C=O) groups is 2. The van der Waals surface area contributed by atoms with Gasteiger partial charge in [-0.15, -0.1) is 0 Å². The number of pyridine rings is 1. The number of rotatable bonds is 3. The number of anilines is 1. The first-order valence-corrected chi connectivity index (χ1v) is 4.19. The van der Waals surface area contributed by atoms with E-state index in [1.54, 1.807) is 6.92 Å². The second-order valence-electron chi connectivity index (χ2n) is 2.70. The highest BCUT2D eigenvalue weighted by Crippen LogP contribution is 2.04. The van der Waals surface area contributed by atoms with Gasteiger partial charge in [-0.1, -0.05) is 6.92 Å². The number of hydrogen-bond acceptors (Lipinski definition) is 3. The first-order valence-electron chi connectivity index (χ1n) is 4.19. The van der Waals surface area contributed by atoms with Crippen molar-refractivity contribution in [3.63, 3.8) is 0 Å². The Morgan fingerprint density at radius 1 is 1.50 bits per heavy atom. The van der Waals surface area contributed by atoms with E-state index in [2.05, 4.69) is 10.3 Å². The topological polar surface area (TPSA) is 85.1 Å². The summed E-state index contributed by atoms with van der Waals surface area (Å²) in [5.41, 5.74) is 5.34. The average molecular weight is 193 g/mol. The molecule has 1 aromatic rings. The van der Waals surface area contributed by atoms with E-state index in [4.69, 9.17) is 5.73 Å². The molecule has 0 spiro atoms. The molecule has 0 bridgehead atoms. The average Bonchev–Trinajstić information content (AvgIpc) is 2.18. The molecule has 0 fully saturated rings. The molecule has 0 saturated carbocycles. The third kappa shape index (κ3) is 2.55. The zero-order chi connectivity index (χ0) is 10.6. The van der Waals surface area contributed by atoms with Crippen LogP contribution in [-0.4, -0.2) is 16.8 Å². The van der Waals surface area contributed by atoms with Crippen molar-refractivity contribution in [2.75, 3.05) is 5.32 Å². The summed E-state index contributed by atoms with van der Waals surface area (Å²) < 4.78 is 0. The lowest BCUT2D eigenvalue weighted by Crippen LogP contribution is -2.13. The molecule has 0 aliphatic rings. The van der Waals surface area contributed by atoms with Gasteiger partial charge in [0.1, 0.15) is 5.82 Å². The zero-order valence-corrected chi connectivity index (χ0v) is 7.78. The van der Waals surface area contributed by atoms with Crippen molar-refractivity contribution >= 4 is 17.6 Å². The number of amides is 2. The Hall–Kier alpha value is -1.91. The van der Waals surface area contributed by atoms with E-state index in [1.807, 2.05) is 0 Å². The number of hydrogen-bond donors (Lipinski definition) is 2. The van der Waals surface area contributed by atoms with Gasteiger partial charge in [-0.3, -0.25) is 9.59 Å². The van der Waals surface area contributed by atoms with E-state index in [9.17, 15) is 9.59 Å². The summed E-state index contributed by atoms with van der Waals surface area (Å²) in [4.78, 5) is 25.5. The Labute approximate surface area is 81.3 Å². The highest BCUT2D eigenvalue weighted by atomic mass is 16.2. The minimum absolute atomic E-state index is 0.121. The molecule has 0 radical (unpaired) electrons. The largest absolute Gasteiger partial charge is 0.366 e. The van der Waals surface area contributed by atoms with Crippen molar-refractivity contribution in [3.8, 4) is 0 Å². The normalized spacial score (nSPS) is 9.50. The fourth-order valence-corrected chi connectivity index (χ4v) is 0.845. The maximum atomic E-state index is 11.0. The number of nitrogens with one attached hydrogen (secondary N) is 1. The smallest absolute Gasteiger partial charge is 0.250 e. The second kappa shape index (κ2) is 4.36. The molecule has 5 heteroatoms. The van der Waals surface area contributed by atoms with Crippen molar-refractivity contribution in [1.29, 1.82) is 0 Å². The third-order valence-corrected chi connectivity index (χ3v) is 1.64. The lowest BCUT2D eigenvalue weighted by atomic mass is 10.3. The van der Waals surface area contributed by atoms with Gasteiger partial charge in [0.05, 0.1) is 5.56 Å². The van der Waals surface area contributed by atoms with Gasteiger partial charge in [0, 0.05) is 12.6 Å². The molecule has 1 aromatic heterocycles. The van der Waals surface area contributed by atoms with Crippen LogP contribution in [0.15, 0.2) is 18.3 Å². The van der Waals surface area contributed by atoms with Crippen molar-refractivity contribution in [2.45, 2.75) is 13.3 Å². The Morgan fingerprint density at radius 2 is 2.21 bits per heavy atom. The van der Waals surface area contributed by atoms with E-state index < -0.39 is 5.91 Å². The monoisotopic (exact) mass is 193 g/mol. The number of nitrogens with two attached hydrogens (primary N) is 1. The second-order valence-corrected chi connectivity index (χ2v) is 2.70. The van der Waals surface area contributed by atoms with E-state index in [1.165, 1.54) is 18.3 Å². The first-order chi connectivity index (χ1) is 6.63. The molecule has 5 nitrogen and oxygen atoms in total. The maximum absolute atomic E-state index is 11.0. The molecular weight excluding hydrogens is 182 g/mol. The van der Waals surface area contributed by atoms with Crippen LogP contribution in [-0.2, 0) is 4.79 Å². The minimum atomic E-state index is -0.536. The molecule has 3 N–H and O–H groups in total. The van der Waals surface area contributed by atoms with Crippen LogP contribution in [0.4, 0.5) is 5.82 Å². The Morgan fingerprint density at radius 3 is 2.64 bits per heavy atom. The van der Waals surface area contributed by atoms with E-state index >= 15 is 0 Å². The fourth-order valence-electron chi connectivity index (χ4n) is 0.845. The predicted octanol–water partition coefficient (Wildman–Crippen LogP) is 0.529. The molecule has 2 amide bonds. The van der Waals surface area contributed by atoms with Gasteiger partial charge in [-0.25, -0.2) is 4.98 Å². The summed E-state index contributed by atoms with van der Waals surface area (Å²) in [6.45, 7) is 1.74. The molecule has 0 aliphatic heterocycles. The van der Waals surface area contributed by atoms with Crippen molar-refractivity contribution in [2.24, 2.45) is 5.73 Å². The maximum Gasteiger partial charge on any atom is 0.250 e. The SMILES string of the molecule is CCC(=O)Nc1ccc(C(N)=O)cn1. The molecule has 0 aliphatic carbocycles. The first kappa shape index (κ1) is 10.2. The molecule has 0 unspecified atom stereocenters. The fraction of sp³-hybridized carbons (Fsp3) is 0.222. The van der Waals surface area contributed by atoms with Gasteiger partial charge in [0.25, 0.3) is 0 Å². The Bertz CT molecular complexity index is 346. The summed E-state index contributed by atoms with van der Waals surface area (Å²) in [7, 11) is 0. The van der Waals surface area contributed by atoms with Crippen LogP contribution < -0.4 is 11.1 Å². The number of carbonyl (C=O) groups excluding carboxylic acids is 2. The van der Waals surface area contributed by atoms with Crippen LogP contribution in [0.3, 0.4) is 0 Å². The molecule has 0 aromatic carbocycles. The van der Waals surface area contributed by atoms with Gasteiger partial charge in [0.2, 0.25) is 11.8 Å². The molecular formula is C9H11N3O2. The molecule has 74 valence electrons. The quantitative estimate of drug-likeness (QED) is 0.734. The number of nitrogens with zero attached hydrogens (tertiary/aromatic N) is 1. The van der Waals surface area contributed by atoms with Crippen LogP contribution in [0, 0.1) is 0 Å². The zero-order valence-electron chi connectivity index (χ0n) is 7.78. The molecule has 1 heterocycles. The highest BCUT2D eigenvalue weighted by molar-refractivity contribution is 5.93. The summed E-state index contributed by atoms with van der Waals surface area (Å²) >= 11 is 0. The van der Waals surface area contributed by atoms with Gasteiger partial charge in [0.15, 0.2) is 0 Å². The van der Waals surface area contributed by atoms with Gasteiger partial charge in [-0.05, 0) is 12.1 Å². The van der Waals surface area contributed by atoms with Crippen LogP contribution in [0.25, 0.3) is 0 Å². The lowest BCUT2D eigenvalue weighted by molar-refractivity contribution is -0.115.